The predicted octanol–water partition coefficient (Wildman–Crippen LogP) is 2.49. The van der Waals surface area contributed by atoms with Gasteiger partial charge in [-0.15, -0.1) is 0 Å². The van der Waals surface area contributed by atoms with Crippen LogP contribution < -0.4 is 10.2 Å². The third kappa shape index (κ3) is 6.31. The first-order valence-corrected chi connectivity index (χ1v) is 12.3. The van der Waals surface area contributed by atoms with Gasteiger partial charge in [0.2, 0.25) is 5.91 Å². The number of amides is 1. The van der Waals surface area contributed by atoms with Gasteiger partial charge in [-0.25, -0.2) is 8.42 Å². The average molecular weight is 430 g/mol. The molecular weight excluding hydrogens is 398 g/mol. The topological polar surface area (TPSA) is 69.7 Å². The highest BCUT2D eigenvalue weighted by Crippen LogP contribution is 2.23. The summed E-state index contributed by atoms with van der Waals surface area (Å²) in [4.78, 5) is 17.2. The molecule has 0 spiro atoms. The minimum atomic E-state index is -2.99. The third-order valence-electron chi connectivity index (χ3n) is 5.52. The number of rotatable bonds is 9. The van der Waals surface area contributed by atoms with E-state index in [-0.39, 0.29) is 17.4 Å². The molecule has 7 heteroatoms. The number of nitrogens with zero attached hydrogens (tertiary/aromatic N) is 2. The van der Waals surface area contributed by atoms with Crippen LogP contribution in [0.5, 0.6) is 0 Å². The van der Waals surface area contributed by atoms with Crippen molar-refractivity contribution in [2.45, 2.75) is 18.9 Å². The molecule has 3 rings (SSSR count). The molecule has 0 bridgehead atoms. The van der Waals surface area contributed by atoms with Crippen LogP contribution in [0, 0.1) is 0 Å². The molecule has 1 unspecified atom stereocenters. The summed E-state index contributed by atoms with van der Waals surface area (Å²) in [5.74, 6) is 0.155. The maximum atomic E-state index is 13.0. The lowest BCUT2D eigenvalue weighted by Gasteiger charge is -2.33. The van der Waals surface area contributed by atoms with Gasteiger partial charge in [0.1, 0.15) is 6.04 Å². The van der Waals surface area contributed by atoms with E-state index in [9.17, 15) is 13.2 Å². The van der Waals surface area contributed by atoms with E-state index >= 15 is 0 Å². The molecule has 1 fully saturated rings. The monoisotopic (exact) mass is 429 g/mol. The summed E-state index contributed by atoms with van der Waals surface area (Å²) < 4.78 is 23.6. The van der Waals surface area contributed by atoms with Crippen LogP contribution in [-0.4, -0.2) is 64.0 Å². The molecule has 1 aliphatic rings. The van der Waals surface area contributed by atoms with Crippen molar-refractivity contribution < 1.29 is 13.2 Å². The van der Waals surface area contributed by atoms with E-state index in [0.717, 1.165) is 24.9 Å². The van der Waals surface area contributed by atoms with E-state index in [1.54, 1.807) is 0 Å². The van der Waals surface area contributed by atoms with Crippen LogP contribution in [0.2, 0.25) is 0 Å². The molecule has 162 valence electrons. The van der Waals surface area contributed by atoms with Crippen LogP contribution in [0.15, 0.2) is 60.7 Å². The van der Waals surface area contributed by atoms with Crippen LogP contribution in [0.25, 0.3) is 0 Å². The number of hydrogen-bond donors (Lipinski definition) is 1. The smallest absolute Gasteiger partial charge is 0.241 e. The van der Waals surface area contributed by atoms with Crippen LogP contribution in [0.4, 0.5) is 5.69 Å². The summed E-state index contributed by atoms with van der Waals surface area (Å²) in [6, 6.07) is 19.4. The number of hydrogen-bond acceptors (Lipinski definition) is 5. The first-order valence-electron chi connectivity index (χ1n) is 10.5. The molecule has 0 radical (unpaired) electrons. The highest BCUT2D eigenvalue weighted by atomic mass is 32.2. The molecule has 1 saturated heterocycles. The van der Waals surface area contributed by atoms with Gasteiger partial charge in [0.15, 0.2) is 9.84 Å². The molecule has 0 aromatic heterocycles. The van der Waals surface area contributed by atoms with E-state index in [0.29, 0.717) is 19.6 Å². The fourth-order valence-electron chi connectivity index (χ4n) is 3.74. The lowest BCUT2D eigenvalue weighted by atomic mass is 10.0. The lowest BCUT2D eigenvalue weighted by molar-refractivity contribution is -0.126. The molecule has 30 heavy (non-hydrogen) atoms. The Balaban J connectivity index is 1.51. The zero-order valence-electron chi connectivity index (χ0n) is 17.5. The largest absolute Gasteiger partial charge is 0.375 e. The van der Waals surface area contributed by atoms with Crippen molar-refractivity contribution >= 4 is 21.4 Å². The standard InChI is InChI=1S/C23H31N3O3S/c1-25(21-12-6-3-7-13-21)15-9-8-14-24-23(27)22(20-10-4-2-5-11-20)26-16-18-30(28,29)19-17-26/h2-7,10-13,22H,8-9,14-19H2,1H3,(H,24,27). The number of sulfone groups is 1. The van der Waals surface area contributed by atoms with Crippen molar-refractivity contribution in [3.63, 3.8) is 0 Å². The van der Waals surface area contributed by atoms with Gasteiger partial charge < -0.3 is 10.2 Å². The molecule has 1 amide bonds. The molecule has 1 aliphatic heterocycles. The average Bonchev–Trinajstić information content (AvgIpc) is 2.76. The van der Waals surface area contributed by atoms with E-state index in [2.05, 4.69) is 29.4 Å². The summed E-state index contributed by atoms with van der Waals surface area (Å²) in [6.07, 6.45) is 1.86. The van der Waals surface area contributed by atoms with E-state index in [1.165, 1.54) is 5.69 Å². The zero-order valence-corrected chi connectivity index (χ0v) is 18.4. The van der Waals surface area contributed by atoms with Crippen LogP contribution in [0.3, 0.4) is 0 Å². The Morgan fingerprint density at radius 1 is 1.00 bits per heavy atom. The van der Waals surface area contributed by atoms with Crippen molar-refractivity contribution in [1.29, 1.82) is 0 Å². The maximum absolute atomic E-state index is 13.0. The summed E-state index contributed by atoms with van der Waals surface area (Å²) in [5.41, 5.74) is 2.09. The van der Waals surface area contributed by atoms with E-state index in [4.69, 9.17) is 0 Å². The highest BCUT2D eigenvalue weighted by molar-refractivity contribution is 7.91. The van der Waals surface area contributed by atoms with E-state index < -0.39 is 15.9 Å². The van der Waals surface area contributed by atoms with Crippen molar-refractivity contribution in [1.82, 2.24) is 10.2 Å². The van der Waals surface area contributed by atoms with Gasteiger partial charge in [-0.2, -0.15) is 0 Å². The molecular formula is C23H31N3O3S. The second-order valence-corrected chi connectivity index (χ2v) is 10.1. The second-order valence-electron chi connectivity index (χ2n) is 7.76. The van der Waals surface area contributed by atoms with Crippen LogP contribution in [-0.2, 0) is 14.6 Å². The van der Waals surface area contributed by atoms with Crippen molar-refractivity contribution in [3.05, 3.63) is 66.2 Å². The summed E-state index contributed by atoms with van der Waals surface area (Å²) in [7, 11) is -0.917. The number of unbranched alkanes of at least 4 members (excludes halogenated alkanes) is 1. The highest BCUT2D eigenvalue weighted by Gasteiger charge is 2.32. The minimum absolute atomic E-state index is 0.0584. The van der Waals surface area contributed by atoms with Crippen molar-refractivity contribution in [2.24, 2.45) is 0 Å². The summed E-state index contributed by atoms with van der Waals surface area (Å²) >= 11 is 0. The zero-order chi connectivity index (χ0) is 21.4. The van der Waals surface area contributed by atoms with Gasteiger partial charge in [0.05, 0.1) is 11.5 Å². The predicted molar refractivity (Wildman–Crippen MR) is 121 cm³/mol. The van der Waals surface area contributed by atoms with Crippen LogP contribution >= 0.6 is 0 Å². The van der Waals surface area contributed by atoms with Crippen LogP contribution in [0.1, 0.15) is 24.4 Å². The van der Waals surface area contributed by atoms with Gasteiger partial charge in [-0.1, -0.05) is 48.5 Å². The maximum Gasteiger partial charge on any atom is 0.241 e. The van der Waals surface area contributed by atoms with Gasteiger partial charge in [-0.05, 0) is 30.5 Å². The number of carbonyl (C=O) groups is 1. The van der Waals surface area contributed by atoms with Gasteiger partial charge >= 0.3 is 0 Å². The first-order chi connectivity index (χ1) is 14.5. The Bertz CT molecular complexity index is 890. The van der Waals surface area contributed by atoms with Crippen molar-refractivity contribution in [3.8, 4) is 0 Å². The molecule has 1 atom stereocenters. The number of nitrogens with one attached hydrogen (secondary N) is 1. The Hall–Kier alpha value is -2.38. The molecule has 0 saturated carbocycles. The fraction of sp³-hybridized carbons (Fsp3) is 0.435. The first kappa shape index (κ1) is 22.3. The summed E-state index contributed by atoms with van der Waals surface area (Å²) in [6.45, 7) is 2.30. The number of para-hydroxylation sites is 1. The van der Waals surface area contributed by atoms with Crippen molar-refractivity contribution in [2.75, 3.05) is 49.6 Å². The molecule has 1 heterocycles. The Kier molecular flexibility index (Phi) is 7.87. The second kappa shape index (κ2) is 10.6. The quantitative estimate of drug-likeness (QED) is 0.620. The fourth-order valence-corrected chi connectivity index (χ4v) is 4.97. The lowest BCUT2D eigenvalue weighted by Crippen LogP contribution is -2.47. The minimum Gasteiger partial charge on any atom is -0.375 e. The normalized spacial score (nSPS) is 17.2. The molecule has 0 aliphatic carbocycles. The molecule has 1 N–H and O–H groups in total. The molecule has 2 aromatic carbocycles. The Morgan fingerprint density at radius 3 is 2.23 bits per heavy atom. The van der Waals surface area contributed by atoms with Gasteiger partial charge in [-0.3, -0.25) is 9.69 Å². The SMILES string of the molecule is CN(CCCCNC(=O)C(c1ccccc1)N1CCS(=O)(=O)CC1)c1ccccc1. The Labute approximate surface area is 179 Å². The van der Waals surface area contributed by atoms with E-state index in [1.807, 2.05) is 53.4 Å². The summed E-state index contributed by atoms with van der Waals surface area (Å²) in [5, 5.41) is 3.06. The Morgan fingerprint density at radius 2 is 1.60 bits per heavy atom. The molecule has 2 aromatic rings. The number of anilines is 1. The number of carbonyl (C=O) groups excluding carboxylic acids is 1. The third-order valence-corrected chi connectivity index (χ3v) is 7.13. The molecule has 6 nitrogen and oxygen atoms in total. The van der Waals surface area contributed by atoms with Gasteiger partial charge in [0, 0.05) is 38.9 Å². The van der Waals surface area contributed by atoms with Gasteiger partial charge in [0.25, 0.3) is 0 Å². The number of benzene rings is 2.